The molecule has 6 heteroatoms. The maximum atomic E-state index is 12.5. The van der Waals surface area contributed by atoms with Gasteiger partial charge in [-0.3, -0.25) is 9.59 Å². The molecule has 0 saturated heterocycles. The van der Waals surface area contributed by atoms with Crippen molar-refractivity contribution in [3.8, 4) is 0 Å². The van der Waals surface area contributed by atoms with Crippen LogP contribution < -0.4 is 5.32 Å². The highest BCUT2D eigenvalue weighted by atomic mass is 16.5. The van der Waals surface area contributed by atoms with Crippen molar-refractivity contribution in [2.45, 2.75) is 386 Å². The molecule has 0 radical (unpaired) electrons. The van der Waals surface area contributed by atoms with Crippen molar-refractivity contribution in [3.05, 3.63) is 12.2 Å². The average Bonchev–Trinajstić information content (AvgIpc) is 3.38. The molecule has 0 aliphatic rings. The lowest BCUT2D eigenvalue weighted by molar-refractivity contribution is -0.143. The predicted molar refractivity (Wildman–Crippen MR) is 315 cm³/mol. The van der Waals surface area contributed by atoms with Crippen LogP contribution in [0, 0.1) is 0 Å². The van der Waals surface area contributed by atoms with Gasteiger partial charge in [0.1, 0.15) is 0 Å². The van der Waals surface area contributed by atoms with Crippen molar-refractivity contribution in [1.29, 1.82) is 0 Å². The molecule has 0 bridgehead atoms. The average molecular weight is 1020 g/mol. The van der Waals surface area contributed by atoms with Gasteiger partial charge in [-0.2, -0.15) is 0 Å². The Morgan fingerprint density at radius 2 is 0.653 bits per heavy atom. The molecule has 0 aliphatic heterocycles. The van der Waals surface area contributed by atoms with Crippen LogP contribution in [0.4, 0.5) is 0 Å². The van der Waals surface area contributed by atoms with Gasteiger partial charge in [-0.25, -0.2) is 0 Å². The Kier molecular flexibility index (Phi) is 60.9. The molecule has 0 aromatic heterocycles. The molecule has 0 saturated carbocycles. The van der Waals surface area contributed by atoms with E-state index < -0.39 is 12.1 Å². The first kappa shape index (κ1) is 70.6. The summed E-state index contributed by atoms with van der Waals surface area (Å²) < 4.78 is 5.49. The molecule has 0 spiro atoms. The highest BCUT2D eigenvalue weighted by molar-refractivity contribution is 5.76. The van der Waals surface area contributed by atoms with Crippen molar-refractivity contribution in [2.75, 3.05) is 13.2 Å². The summed E-state index contributed by atoms with van der Waals surface area (Å²) >= 11 is 0. The van der Waals surface area contributed by atoms with E-state index in [0.29, 0.717) is 25.9 Å². The van der Waals surface area contributed by atoms with Crippen LogP contribution in [0.5, 0.6) is 0 Å². The zero-order chi connectivity index (χ0) is 52.2. The second-order valence-electron chi connectivity index (χ2n) is 22.8. The summed E-state index contributed by atoms with van der Waals surface area (Å²) in [5.41, 5.74) is 0. The van der Waals surface area contributed by atoms with Crippen molar-refractivity contribution in [2.24, 2.45) is 0 Å². The number of nitrogens with one attached hydrogen (secondary N) is 1. The van der Waals surface area contributed by atoms with Gasteiger partial charge in [0.15, 0.2) is 0 Å². The van der Waals surface area contributed by atoms with Crippen molar-refractivity contribution < 1.29 is 24.5 Å². The molecule has 1 amide bonds. The van der Waals surface area contributed by atoms with Crippen LogP contribution in [0.15, 0.2) is 12.2 Å². The van der Waals surface area contributed by atoms with Crippen LogP contribution in [-0.4, -0.2) is 47.4 Å². The van der Waals surface area contributed by atoms with Crippen LogP contribution in [0.2, 0.25) is 0 Å². The van der Waals surface area contributed by atoms with Crippen LogP contribution in [0.3, 0.4) is 0 Å². The zero-order valence-electron chi connectivity index (χ0n) is 48.9. The number of amides is 1. The van der Waals surface area contributed by atoms with E-state index in [0.717, 1.165) is 38.5 Å². The molecule has 428 valence electrons. The fourth-order valence-electron chi connectivity index (χ4n) is 10.5. The van der Waals surface area contributed by atoms with Gasteiger partial charge >= 0.3 is 5.97 Å². The monoisotopic (exact) mass is 1020 g/mol. The lowest BCUT2D eigenvalue weighted by Gasteiger charge is -2.22. The zero-order valence-corrected chi connectivity index (χ0v) is 48.9. The standard InChI is InChI=1S/C66H129NO5/c1-3-5-7-9-11-13-15-17-19-31-34-38-42-46-50-54-58-64(69)63(62-68)67-65(70)59-55-51-47-43-39-35-32-28-26-24-22-20-21-23-25-27-29-33-37-41-45-49-53-57-61-72-66(71)60-56-52-48-44-40-36-30-18-16-14-12-10-8-6-4-2/h22,24,63-64,68-69H,3-21,23,25-62H2,1-2H3,(H,67,70)/b24-22-. The topological polar surface area (TPSA) is 95.9 Å². The number of allylic oxidation sites excluding steroid dienone is 2. The molecular weight excluding hydrogens is 887 g/mol. The molecular formula is C66H129NO5. The summed E-state index contributed by atoms with van der Waals surface area (Å²) in [6.07, 6.45) is 75.2. The number of unbranched alkanes of at least 4 members (excludes halogenated alkanes) is 49. The minimum atomic E-state index is -0.666. The van der Waals surface area contributed by atoms with Crippen molar-refractivity contribution >= 4 is 11.9 Å². The molecule has 0 heterocycles. The van der Waals surface area contributed by atoms with Crippen molar-refractivity contribution in [1.82, 2.24) is 5.32 Å². The first-order valence-corrected chi connectivity index (χ1v) is 32.9. The molecule has 0 aliphatic carbocycles. The molecule has 0 fully saturated rings. The number of carbonyl (C=O) groups excluding carboxylic acids is 2. The second kappa shape index (κ2) is 62.1. The molecule has 0 aromatic carbocycles. The van der Waals surface area contributed by atoms with Gasteiger partial charge in [-0.15, -0.1) is 0 Å². The third-order valence-electron chi connectivity index (χ3n) is 15.6. The summed E-state index contributed by atoms with van der Waals surface area (Å²) in [4.78, 5) is 24.6. The number of carbonyl (C=O) groups is 2. The fourth-order valence-corrected chi connectivity index (χ4v) is 10.5. The Morgan fingerprint density at radius 1 is 0.375 bits per heavy atom. The number of hydrogen-bond acceptors (Lipinski definition) is 5. The van der Waals surface area contributed by atoms with E-state index in [1.807, 2.05) is 0 Å². The summed E-state index contributed by atoms with van der Waals surface area (Å²) in [5, 5.41) is 23.3. The van der Waals surface area contributed by atoms with Crippen LogP contribution in [0.25, 0.3) is 0 Å². The van der Waals surface area contributed by atoms with E-state index in [-0.39, 0.29) is 18.5 Å². The van der Waals surface area contributed by atoms with Gasteiger partial charge in [0.05, 0.1) is 25.4 Å². The number of rotatable bonds is 62. The van der Waals surface area contributed by atoms with E-state index in [4.69, 9.17) is 4.74 Å². The van der Waals surface area contributed by atoms with Gasteiger partial charge in [0.2, 0.25) is 5.91 Å². The Balaban J connectivity index is 3.38. The Bertz CT molecular complexity index is 1080. The van der Waals surface area contributed by atoms with E-state index in [1.54, 1.807) is 0 Å². The third kappa shape index (κ3) is 57.9. The second-order valence-corrected chi connectivity index (χ2v) is 22.8. The number of ether oxygens (including phenoxy) is 1. The largest absolute Gasteiger partial charge is 0.466 e. The first-order chi connectivity index (χ1) is 35.5. The van der Waals surface area contributed by atoms with E-state index in [9.17, 15) is 19.8 Å². The highest BCUT2D eigenvalue weighted by Crippen LogP contribution is 2.18. The summed E-state index contributed by atoms with van der Waals surface area (Å²) in [7, 11) is 0. The highest BCUT2D eigenvalue weighted by Gasteiger charge is 2.20. The number of aliphatic hydroxyl groups excluding tert-OH is 2. The third-order valence-corrected chi connectivity index (χ3v) is 15.6. The lowest BCUT2D eigenvalue weighted by Crippen LogP contribution is -2.45. The van der Waals surface area contributed by atoms with Crippen LogP contribution in [0.1, 0.15) is 373 Å². The summed E-state index contributed by atoms with van der Waals surface area (Å²) in [6, 6.07) is -0.544. The number of aliphatic hydroxyl groups is 2. The maximum absolute atomic E-state index is 12.5. The van der Waals surface area contributed by atoms with Crippen LogP contribution in [-0.2, 0) is 14.3 Å². The van der Waals surface area contributed by atoms with Crippen molar-refractivity contribution in [3.63, 3.8) is 0 Å². The number of esters is 1. The molecule has 6 nitrogen and oxygen atoms in total. The minimum Gasteiger partial charge on any atom is -0.466 e. The van der Waals surface area contributed by atoms with Gasteiger partial charge < -0.3 is 20.3 Å². The molecule has 2 atom stereocenters. The number of hydrogen-bond donors (Lipinski definition) is 3. The lowest BCUT2D eigenvalue weighted by atomic mass is 10.0. The molecule has 72 heavy (non-hydrogen) atoms. The normalized spacial score (nSPS) is 12.6. The first-order valence-electron chi connectivity index (χ1n) is 32.9. The molecule has 0 aromatic rings. The fraction of sp³-hybridized carbons (Fsp3) is 0.939. The Hall–Kier alpha value is -1.40. The van der Waals surface area contributed by atoms with Gasteiger partial charge in [-0.05, 0) is 51.4 Å². The molecule has 0 rings (SSSR count). The Morgan fingerprint density at radius 3 is 0.986 bits per heavy atom. The summed E-state index contributed by atoms with van der Waals surface area (Å²) in [5.74, 6) is -0.0201. The summed E-state index contributed by atoms with van der Waals surface area (Å²) in [6.45, 7) is 4.99. The quantitative estimate of drug-likeness (QED) is 0.0320. The van der Waals surface area contributed by atoms with Gasteiger partial charge in [0.25, 0.3) is 0 Å². The maximum Gasteiger partial charge on any atom is 0.305 e. The van der Waals surface area contributed by atoms with E-state index in [2.05, 4.69) is 31.3 Å². The van der Waals surface area contributed by atoms with Gasteiger partial charge in [-0.1, -0.05) is 321 Å². The minimum absolute atomic E-state index is 0.0163. The van der Waals surface area contributed by atoms with Crippen LogP contribution >= 0.6 is 0 Å². The van der Waals surface area contributed by atoms with Gasteiger partial charge in [0, 0.05) is 12.8 Å². The smallest absolute Gasteiger partial charge is 0.305 e. The van der Waals surface area contributed by atoms with E-state index >= 15 is 0 Å². The Labute approximate surface area is 450 Å². The predicted octanol–water partition coefficient (Wildman–Crippen LogP) is 20.8. The molecule has 2 unspecified atom stereocenters. The molecule has 3 N–H and O–H groups in total. The SMILES string of the molecule is CCCCCCCCCCCCCCCCCCC(O)C(CO)NC(=O)CCCCCCCCCC/C=C\CCCCCCCCCCCCCCOC(=O)CCCCCCCCCCCCCCCCC. The van der Waals surface area contributed by atoms with E-state index in [1.165, 1.54) is 302 Å².